The van der Waals surface area contributed by atoms with Crippen LogP contribution in [0.25, 0.3) is 0 Å². The number of benzene rings is 1. The Morgan fingerprint density at radius 1 is 1.28 bits per heavy atom. The zero-order valence-corrected chi connectivity index (χ0v) is 19.8. The monoisotopic (exact) mass is 471 g/mol. The molecule has 166 valence electrons. The molecule has 0 unspecified atom stereocenters. The normalized spacial score (nSPS) is 21.7. The molecule has 1 atom stereocenters. The molecular weight excluding hydrogens is 446 g/mol. The molecule has 2 aliphatic rings. The topological polar surface area (TPSA) is 98.7 Å². The quantitative estimate of drug-likeness (QED) is 0.347. The molecule has 3 N–H and O–H groups in total. The first-order chi connectivity index (χ1) is 14.8. The number of sulfone groups is 1. The van der Waals surface area contributed by atoms with Gasteiger partial charge in [-0.1, -0.05) is 28.5 Å². The number of piperidine rings is 1. The van der Waals surface area contributed by atoms with E-state index in [-0.39, 0.29) is 42.7 Å². The van der Waals surface area contributed by atoms with Crippen molar-refractivity contribution in [3.63, 3.8) is 0 Å². The molecule has 1 aromatic rings. The van der Waals surface area contributed by atoms with Crippen LogP contribution in [-0.4, -0.2) is 77.1 Å². The number of amides is 2. The number of likely N-dealkylation sites (tertiary alicyclic amines) is 1. The summed E-state index contributed by atoms with van der Waals surface area (Å²) in [6.45, 7) is 4.03. The van der Waals surface area contributed by atoms with Crippen LogP contribution in [0.15, 0.2) is 28.7 Å². The highest BCUT2D eigenvalue weighted by Crippen LogP contribution is 2.44. The summed E-state index contributed by atoms with van der Waals surface area (Å²) in [5, 5.41) is 14.5. The molecule has 12 heteroatoms. The van der Waals surface area contributed by atoms with Gasteiger partial charge in [-0.2, -0.15) is 0 Å². The lowest BCUT2D eigenvalue weighted by Gasteiger charge is -2.45. The lowest BCUT2D eigenvalue weighted by molar-refractivity contribution is 0.199. The number of aromatic hydroxyl groups is 1. The van der Waals surface area contributed by atoms with Crippen molar-refractivity contribution >= 4 is 56.7 Å². The number of halogens is 1. The van der Waals surface area contributed by atoms with Crippen LogP contribution >= 0.6 is 11.6 Å². The molecule has 2 amide bonds. The third-order valence-electron chi connectivity index (χ3n) is 6.39. The number of hydrogen-bond donors (Lipinski definition) is 3. The van der Waals surface area contributed by atoms with Crippen molar-refractivity contribution in [1.29, 1.82) is 0 Å². The van der Waals surface area contributed by atoms with Crippen LogP contribution in [0, 0.1) is 0 Å². The zero-order valence-electron chi connectivity index (χ0n) is 18.2. The minimum atomic E-state index is -4.09. The predicted molar refractivity (Wildman–Crippen MR) is 128 cm³/mol. The van der Waals surface area contributed by atoms with Gasteiger partial charge in [-0.25, -0.2) is 13.2 Å². The summed E-state index contributed by atoms with van der Waals surface area (Å²) in [6, 6.07) is 2.06. The van der Waals surface area contributed by atoms with Gasteiger partial charge in [0.25, 0.3) is 0 Å². The molecule has 0 spiro atoms. The highest BCUT2D eigenvalue weighted by atomic mass is 35.5. The molecule has 0 aromatic heterocycles. The maximum atomic E-state index is 13.6. The van der Waals surface area contributed by atoms with Crippen molar-refractivity contribution in [3.05, 3.63) is 28.8 Å². The number of allylic oxidation sites excluding steroid dienone is 1. The van der Waals surface area contributed by atoms with Gasteiger partial charge in [-0.3, -0.25) is 0 Å². The third kappa shape index (κ3) is 4.85. The molecule has 6 radical (unpaired) electrons. The number of anilines is 1. The van der Waals surface area contributed by atoms with Gasteiger partial charge in [0.1, 0.15) is 4.90 Å². The van der Waals surface area contributed by atoms with Crippen LogP contribution in [0.4, 0.5) is 10.5 Å². The fourth-order valence-corrected chi connectivity index (χ4v) is 6.49. The largest absolute Gasteiger partial charge is 0.504 e. The molecule has 1 saturated heterocycles. The van der Waals surface area contributed by atoms with Crippen molar-refractivity contribution in [3.8, 4) is 5.75 Å². The molecule has 7 nitrogen and oxygen atoms in total. The Labute approximate surface area is 198 Å². The number of carbonyl (C=O) groups excluding carboxylic acids is 1. The summed E-state index contributed by atoms with van der Waals surface area (Å²) in [6.07, 6.45) is 4.08. The van der Waals surface area contributed by atoms with Gasteiger partial charge >= 0.3 is 6.03 Å². The lowest BCUT2D eigenvalue weighted by Crippen LogP contribution is -2.57. The highest BCUT2D eigenvalue weighted by molar-refractivity contribution is 7.93. The van der Waals surface area contributed by atoms with E-state index in [0.717, 1.165) is 18.4 Å². The second-order valence-corrected chi connectivity index (χ2v) is 11.6. The molecule has 0 saturated carbocycles. The summed E-state index contributed by atoms with van der Waals surface area (Å²) in [7, 11) is 13.1. The second kappa shape index (κ2) is 8.99. The fourth-order valence-electron chi connectivity index (χ4n) is 4.14. The Balaban J connectivity index is 1.84. The summed E-state index contributed by atoms with van der Waals surface area (Å²) < 4.78 is 25.9. The average molecular weight is 471 g/mol. The number of phenols is 1. The standard InChI is InChI=1S/C20H25B3ClN3O4S/c1-12-4-3-5-14(12)25-18(29)26-15-7-6-13(24)17(16(15)28)32(30,31)19(2)8-10-27(11-9-19)20(21,22)23/h4,6-7,14,28H,3,5,8-11H2,1-2H3,(H2,25,26,29)/t14-/m1/s1. The molecule has 0 bridgehead atoms. The van der Waals surface area contributed by atoms with Gasteiger partial charge in [-0.15, -0.1) is 0 Å². The number of nitrogens with zero attached hydrogens (tertiary/aromatic N) is 1. The van der Waals surface area contributed by atoms with Gasteiger partial charge in [0.2, 0.25) is 0 Å². The van der Waals surface area contributed by atoms with E-state index in [0.29, 0.717) is 0 Å². The van der Waals surface area contributed by atoms with E-state index in [1.165, 1.54) is 12.1 Å². The van der Waals surface area contributed by atoms with Crippen molar-refractivity contribution < 1.29 is 18.3 Å². The van der Waals surface area contributed by atoms with Gasteiger partial charge in [0.15, 0.2) is 15.6 Å². The highest BCUT2D eigenvalue weighted by Gasteiger charge is 2.46. The zero-order chi connectivity index (χ0) is 23.9. The minimum absolute atomic E-state index is 0.0453. The van der Waals surface area contributed by atoms with E-state index < -0.39 is 36.5 Å². The van der Waals surface area contributed by atoms with Gasteiger partial charge < -0.3 is 20.6 Å². The Kier molecular flexibility index (Phi) is 7.04. The molecule has 1 aliphatic carbocycles. The SMILES string of the molecule is [B]C([B])([B])N1CCC(C)(S(=O)(=O)c2c(Cl)ccc(NC(=O)N[C@@H]3CCC=C3C)c2O)CC1. The molecule has 1 heterocycles. The first-order valence-corrected chi connectivity index (χ1v) is 12.2. The van der Waals surface area contributed by atoms with Crippen LogP contribution in [0.5, 0.6) is 5.75 Å². The van der Waals surface area contributed by atoms with Crippen LogP contribution in [-0.2, 0) is 9.84 Å². The molecule has 1 fully saturated rings. The molecule has 32 heavy (non-hydrogen) atoms. The number of nitrogens with one attached hydrogen (secondary N) is 2. The lowest BCUT2D eigenvalue weighted by atomic mass is 9.48. The van der Waals surface area contributed by atoms with E-state index in [4.69, 9.17) is 35.1 Å². The van der Waals surface area contributed by atoms with Gasteiger partial charge in [0.05, 0.1) is 45.0 Å². The summed E-state index contributed by atoms with van der Waals surface area (Å²) >= 11 is 6.22. The van der Waals surface area contributed by atoms with Crippen LogP contribution < -0.4 is 10.6 Å². The third-order valence-corrected chi connectivity index (χ3v) is 9.48. The maximum absolute atomic E-state index is 13.6. The summed E-state index contributed by atoms with van der Waals surface area (Å²) in [5.74, 6) is -0.596. The fraction of sp³-hybridized carbons (Fsp3) is 0.550. The molecule has 1 aliphatic heterocycles. The average Bonchev–Trinajstić information content (AvgIpc) is 3.08. The Hall–Kier alpha value is -1.58. The van der Waals surface area contributed by atoms with Crippen molar-refractivity contribution in [2.24, 2.45) is 0 Å². The van der Waals surface area contributed by atoms with Crippen molar-refractivity contribution in [1.82, 2.24) is 10.2 Å². The molecular formula is C20H25B3ClN3O4S. The number of urea groups is 1. The van der Waals surface area contributed by atoms with Crippen LogP contribution in [0.2, 0.25) is 5.02 Å². The number of carbonyl (C=O) groups is 1. The van der Waals surface area contributed by atoms with Gasteiger partial charge in [-0.05, 0) is 64.8 Å². The number of rotatable bonds is 5. The van der Waals surface area contributed by atoms with E-state index in [1.54, 1.807) is 11.8 Å². The van der Waals surface area contributed by atoms with E-state index in [1.807, 2.05) is 13.0 Å². The molecule has 3 rings (SSSR count). The Morgan fingerprint density at radius 3 is 2.44 bits per heavy atom. The maximum Gasteiger partial charge on any atom is 0.319 e. The number of hydrogen-bond acceptors (Lipinski definition) is 5. The summed E-state index contributed by atoms with van der Waals surface area (Å²) in [4.78, 5) is 13.6. The Bertz CT molecular complexity index is 1040. The second-order valence-electron chi connectivity index (χ2n) is 8.78. The number of phenolic OH excluding ortho intramolecular Hbond substituents is 1. The smallest absolute Gasteiger partial charge is 0.319 e. The van der Waals surface area contributed by atoms with Crippen molar-refractivity contribution in [2.45, 2.75) is 60.5 Å². The Morgan fingerprint density at radius 2 is 1.91 bits per heavy atom. The first kappa shape index (κ1) is 25.1. The minimum Gasteiger partial charge on any atom is -0.504 e. The summed E-state index contributed by atoms with van der Waals surface area (Å²) in [5.41, 5.74) is 1.01. The molecule has 1 aromatic carbocycles. The van der Waals surface area contributed by atoms with Crippen molar-refractivity contribution in [2.75, 3.05) is 18.4 Å². The van der Waals surface area contributed by atoms with Crippen LogP contribution in [0.1, 0.15) is 39.5 Å². The predicted octanol–water partition coefficient (Wildman–Crippen LogP) is 2.02. The van der Waals surface area contributed by atoms with Gasteiger partial charge in [0, 0.05) is 0 Å². The first-order valence-electron chi connectivity index (χ1n) is 10.4. The van der Waals surface area contributed by atoms with E-state index >= 15 is 0 Å². The van der Waals surface area contributed by atoms with E-state index in [9.17, 15) is 18.3 Å². The van der Waals surface area contributed by atoms with E-state index in [2.05, 4.69) is 10.6 Å². The van der Waals surface area contributed by atoms with Crippen LogP contribution in [0.3, 0.4) is 0 Å².